The number of carbonyl (C=O) groups is 1. The third-order valence-electron chi connectivity index (χ3n) is 3.98. The van der Waals surface area contributed by atoms with Gasteiger partial charge in [0.15, 0.2) is 17.7 Å². The summed E-state index contributed by atoms with van der Waals surface area (Å²) in [5.41, 5.74) is 1.19. The molecule has 0 radical (unpaired) electrons. The molecule has 0 bridgehead atoms. The van der Waals surface area contributed by atoms with Gasteiger partial charge in [0.05, 0.1) is 16.6 Å². The molecule has 7 nitrogen and oxygen atoms in total. The molecule has 0 saturated heterocycles. The molecule has 0 aliphatic heterocycles. The fourth-order valence-corrected chi connectivity index (χ4v) is 2.56. The topological polar surface area (TPSA) is 108 Å². The van der Waals surface area contributed by atoms with E-state index in [0.717, 1.165) is 0 Å². The monoisotopic (exact) mass is 399 g/mol. The third-order valence-corrected chi connectivity index (χ3v) is 3.98. The lowest BCUT2D eigenvalue weighted by Gasteiger charge is -2.14. The molecule has 29 heavy (non-hydrogen) atoms. The van der Waals surface area contributed by atoms with Crippen LogP contribution in [0.15, 0.2) is 54.3 Å². The zero-order chi connectivity index (χ0) is 21.0. The van der Waals surface area contributed by atoms with Crippen molar-refractivity contribution >= 4 is 22.6 Å². The first kappa shape index (κ1) is 19.8. The molecule has 1 aromatic heterocycles. The Kier molecular flexibility index (Phi) is 5.74. The first-order valence-electron chi connectivity index (χ1n) is 8.43. The highest BCUT2D eigenvalue weighted by Crippen LogP contribution is 2.22. The van der Waals surface area contributed by atoms with Gasteiger partial charge in [-0.25, -0.2) is 9.78 Å². The first-order valence-corrected chi connectivity index (χ1v) is 8.43. The number of imidazole rings is 1. The van der Waals surface area contributed by atoms with E-state index in [9.17, 15) is 23.9 Å². The fraction of sp³-hybridized carbons (Fsp3) is 0.150. The summed E-state index contributed by atoms with van der Waals surface area (Å²) in [7, 11) is 0. The summed E-state index contributed by atoms with van der Waals surface area (Å²) >= 11 is 0. The number of ether oxygens (including phenoxy) is 2. The van der Waals surface area contributed by atoms with E-state index in [0.29, 0.717) is 11.0 Å². The Balaban J connectivity index is 1.78. The Hall–Kier alpha value is -3.93. The lowest BCUT2D eigenvalue weighted by molar-refractivity contribution is -0.0498. The lowest BCUT2D eigenvalue weighted by atomic mass is 10.1. The molecular weight excluding hydrogens is 384 g/mol. The second-order valence-electron chi connectivity index (χ2n) is 5.93. The molecule has 0 spiro atoms. The number of carbonyl (C=O) groups excluding carboxylic acids is 1. The number of aromatic nitrogens is 2. The summed E-state index contributed by atoms with van der Waals surface area (Å²) in [5.74, 6) is -1.25. The predicted molar refractivity (Wildman–Crippen MR) is 99.2 cm³/mol. The molecule has 0 aliphatic carbocycles. The van der Waals surface area contributed by atoms with Crippen LogP contribution < -0.4 is 4.74 Å². The number of rotatable bonds is 6. The zero-order valence-electron chi connectivity index (χ0n) is 15.1. The van der Waals surface area contributed by atoms with E-state index < -0.39 is 24.4 Å². The van der Waals surface area contributed by atoms with Crippen LogP contribution in [0.25, 0.3) is 16.6 Å². The molecule has 1 heterocycles. The lowest BCUT2D eigenvalue weighted by Crippen LogP contribution is -2.18. The normalized spacial score (nSPS) is 12.9. The van der Waals surface area contributed by atoms with Crippen LogP contribution >= 0.6 is 0 Å². The van der Waals surface area contributed by atoms with Crippen LogP contribution in [0.1, 0.15) is 23.1 Å². The van der Waals surface area contributed by atoms with E-state index >= 15 is 0 Å². The number of aliphatic hydroxyl groups is 1. The maximum absolute atomic E-state index is 12.2. The third kappa shape index (κ3) is 4.50. The first-order chi connectivity index (χ1) is 13.9. The van der Waals surface area contributed by atoms with Gasteiger partial charge in [0.1, 0.15) is 17.4 Å². The van der Waals surface area contributed by atoms with E-state index in [1.54, 1.807) is 24.3 Å². The van der Waals surface area contributed by atoms with Crippen LogP contribution in [-0.4, -0.2) is 33.8 Å². The van der Waals surface area contributed by atoms with Crippen molar-refractivity contribution in [2.45, 2.75) is 19.6 Å². The highest BCUT2D eigenvalue weighted by atomic mass is 19.3. The number of hydrogen-bond acceptors (Lipinski definition) is 6. The summed E-state index contributed by atoms with van der Waals surface area (Å²) in [4.78, 5) is 19.4. The summed E-state index contributed by atoms with van der Waals surface area (Å²) in [6.45, 7) is -1.58. The molecular formula is C20H15F2N3O4. The fourth-order valence-electron chi connectivity index (χ4n) is 2.56. The van der Waals surface area contributed by atoms with E-state index in [2.05, 4.69) is 14.7 Å². The minimum atomic E-state index is -2.97. The number of alkyl halides is 2. The number of allylic oxidation sites excluding steroid dienone is 1. The van der Waals surface area contributed by atoms with Gasteiger partial charge in [-0.3, -0.25) is 0 Å². The minimum absolute atomic E-state index is 0.0634. The second-order valence-corrected chi connectivity index (χ2v) is 5.93. The Morgan fingerprint density at radius 2 is 1.90 bits per heavy atom. The molecule has 148 valence electrons. The number of nitrogens with one attached hydrogen (secondary N) is 1. The second kappa shape index (κ2) is 8.39. The van der Waals surface area contributed by atoms with Crippen LogP contribution in [0, 0.1) is 11.3 Å². The highest BCUT2D eigenvalue weighted by Gasteiger charge is 2.22. The van der Waals surface area contributed by atoms with Crippen LogP contribution in [0.3, 0.4) is 0 Å². The summed E-state index contributed by atoms with van der Waals surface area (Å²) in [6.07, 6.45) is -1.15. The molecule has 9 heteroatoms. The van der Waals surface area contributed by atoms with Crippen molar-refractivity contribution in [3.8, 4) is 11.8 Å². The molecule has 3 aromatic rings. The SMILES string of the molecule is C[C@H](OC(=O)c1ccc(OC(F)F)cc1)/C(O)=C(\C#N)c1nc2ccccc2[nH]1. The number of esters is 1. The van der Waals surface area contributed by atoms with E-state index in [-0.39, 0.29) is 22.7 Å². The average molecular weight is 399 g/mol. The minimum Gasteiger partial charge on any atom is -0.507 e. The number of nitriles is 1. The molecule has 0 fully saturated rings. The van der Waals surface area contributed by atoms with Gasteiger partial charge >= 0.3 is 12.6 Å². The number of H-pyrrole nitrogens is 1. The van der Waals surface area contributed by atoms with Crippen molar-refractivity contribution < 1.29 is 28.2 Å². The number of aliphatic hydroxyl groups excluding tert-OH is 1. The number of para-hydroxylation sites is 2. The van der Waals surface area contributed by atoms with Gasteiger partial charge in [0, 0.05) is 0 Å². The van der Waals surface area contributed by atoms with Crippen LogP contribution in [0.4, 0.5) is 8.78 Å². The standard InChI is InChI=1S/C20H15F2N3O4/c1-11(28-19(27)12-6-8-13(9-7-12)29-20(21)22)17(26)14(10-23)18-24-15-4-2-3-5-16(15)25-18/h2-9,11,20,26H,1H3,(H,24,25)/b17-14-/t11-/m0/s1. The smallest absolute Gasteiger partial charge is 0.387 e. The molecule has 0 aliphatic rings. The van der Waals surface area contributed by atoms with Crippen molar-refractivity contribution in [3.63, 3.8) is 0 Å². The van der Waals surface area contributed by atoms with Crippen LogP contribution in [0.5, 0.6) is 5.75 Å². The van der Waals surface area contributed by atoms with Crippen molar-refractivity contribution in [2.75, 3.05) is 0 Å². The zero-order valence-corrected chi connectivity index (χ0v) is 15.1. The van der Waals surface area contributed by atoms with Gasteiger partial charge in [-0.05, 0) is 43.3 Å². The molecule has 2 aromatic carbocycles. The average Bonchev–Trinajstić information content (AvgIpc) is 3.12. The number of benzene rings is 2. The maximum atomic E-state index is 12.2. The number of halogens is 2. The molecule has 0 saturated carbocycles. The van der Waals surface area contributed by atoms with Crippen molar-refractivity contribution in [2.24, 2.45) is 0 Å². The summed E-state index contributed by atoms with van der Waals surface area (Å²) < 4.78 is 33.7. The Morgan fingerprint density at radius 3 is 2.52 bits per heavy atom. The van der Waals surface area contributed by atoms with Gasteiger partial charge in [-0.15, -0.1) is 0 Å². The Labute approximate surface area is 163 Å². The predicted octanol–water partition coefficient (Wildman–Crippen LogP) is 4.20. The Bertz CT molecular complexity index is 1070. The largest absolute Gasteiger partial charge is 0.507 e. The van der Waals surface area contributed by atoms with Gasteiger partial charge in [0.2, 0.25) is 0 Å². The van der Waals surface area contributed by atoms with E-state index in [4.69, 9.17) is 4.74 Å². The van der Waals surface area contributed by atoms with Crippen molar-refractivity contribution in [1.29, 1.82) is 5.26 Å². The van der Waals surface area contributed by atoms with Crippen LogP contribution in [-0.2, 0) is 4.74 Å². The maximum Gasteiger partial charge on any atom is 0.387 e. The van der Waals surface area contributed by atoms with Gasteiger partial charge in [-0.2, -0.15) is 14.0 Å². The van der Waals surface area contributed by atoms with Gasteiger partial charge < -0.3 is 19.6 Å². The molecule has 0 amide bonds. The number of aromatic amines is 1. The van der Waals surface area contributed by atoms with Gasteiger partial charge in [-0.1, -0.05) is 12.1 Å². The number of fused-ring (bicyclic) bond motifs is 1. The molecule has 3 rings (SSSR count). The van der Waals surface area contributed by atoms with Crippen molar-refractivity contribution in [3.05, 3.63) is 65.7 Å². The molecule has 1 atom stereocenters. The quantitative estimate of drug-likeness (QED) is 0.365. The Morgan fingerprint density at radius 1 is 1.21 bits per heavy atom. The summed E-state index contributed by atoms with van der Waals surface area (Å²) in [5, 5.41) is 19.8. The van der Waals surface area contributed by atoms with Crippen molar-refractivity contribution in [1.82, 2.24) is 9.97 Å². The number of hydrogen-bond donors (Lipinski definition) is 2. The number of nitrogens with zero attached hydrogens (tertiary/aromatic N) is 2. The molecule has 0 unspecified atom stereocenters. The van der Waals surface area contributed by atoms with Gasteiger partial charge in [0.25, 0.3) is 0 Å². The van der Waals surface area contributed by atoms with Crippen LogP contribution in [0.2, 0.25) is 0 Å². The summed E-state index contributed by atoms with van der Waals surface area (Å²) in [6, 6.07) is 13.8. The van der Waals surface area contributed by atoms with E-state index in [1.807, 2.05) is 6.07 Å². The molecule has 2 N–H and O–H groups in total. The van der Waals surface area contributed by atoms with E-state index in [1.165, 1.54) is 31.2 Å². The highest BCUT2D eigenvalue weighted by molar-refractivity contribution is 5.90.